The number of H-pyrrole nitrogens is 1. The molecule has 2 aromatic rings. The number of imidazole rings is 1. The molecule has 1 aromatic carbocycles. The van der Waals surface area contributed by atoms with E-state index < -0.39 is 5.97 Å². The molecule has 17 heavy (non-hydrogen) atoms. The highest BCUT2D eigenvalue weighted by atomic mass is 16.4. The first-order valence-corrected chi connectivity index (χ1v) is 5.43. The summed E-state index contributed by atoms with van der Waals surface area (Å²) >= 11 is 0. The summed E-state index contributed by atoms with van der Waals surface area (Å²) in [5, 5.41) is 8.89. The van der Waals surface area contributed by atoms with Gasteiger partial charge in [-0.05, 0) is 32.3 Å². The van der Waals surface area contributed by atoms with Gasteiger partial charge in [-0.1, -0.05) is 0 Å². The molecule has 0 aliphatic heterocycles. The van der Waals surface area contributed by atoms with Crippen LogP contribution in [0.2, 0.25) is 0 Å². The number of benzene rings is 1. The Labute approximate surface area is 99.1 Å². The number of nitrogens with one attached hydrogen (secondary N) is 1. The van der Waals surface area contributed by atoms with Gasteiger partial charge < -0.3 is 15.0 Å². The molecule has 0 aliphatic rings. The van der Waals surface area contributed by atoms with Crippen molar-refractivity contribution < 1.29 is 9.90 Å². The molecule has 0 fully saturated rings. The standard InChI is InChI=1S/C12H15N3O2/c1-15(2)6-5-11-13-9-4-3-8(12(16)17)7-10(9)14-11/h3-4,7H,5-6H2,1-2H3,(H,13,14)(H,16,17). The van der Waals surface area contributed by atoms with Gasteiger partial charge in [0.15, 0.2) is 0 Å². The lowest BCUT2D eigenvalue weighted by molar-refractivity contribution is 0.0697. The van der Waals surface area contributed by atoms with Crippen LogP contribution in [0.15, 0.2) is 18.2 Å². The summed E-state index contributed by atoms with van der Waals surface area (Å²) in [4.78, 5) is 20.5. The molecule has 1 heterocycles. The summed E-state index contributed by atoms with van der Waals surface area (Å²) in [5.41, 5.74) is 1.86. The van der Waals surface area contributed by atoms with E-state index in [4.69, 9.17) is 5.11 Å². The number of carboxylic acids is 1. The van der Waals surface area contributed by atoms with Crippen molar-refractivity contribution in [3.05, 3.63) is 29.6 Å². The zero-order valence-corrected chi connectivity index (χ0v) is 9.90. The predicted octanol–water partition coefficient (Wildman–Crippen LogP) is 1.37. The second-order valence-corrected chi connectivity index (χ2v) is 4.27. The van der Waals surface area contributed by atoms with E-state index in [1.54, 1.807) is 18.2 Å². The molecule has 0 unspecified atom stereocenters. The summed E-state index contributed by atoms with van der Waals surface area (Å²) in [5.74, 6) is -0.0346. The fraction of sp³-hybridized carbons (Fsp3) is 0.333. The lowest BCUT2D eigenvalue weighted by Crippen LogP contribution is -2.15. The predicted molar refractivity (Wildman–Crippen MR) is 65.3 cm³/mol. The maximum absolute atomic E-state index is 10.8. The van der Waals surface area contributed by atoms with Gasteiger partial charge in [-0.2, -0.15) is 0 Å². The Morgan fingerprint density at radius 2 is 2.24 bits per heavy atom. The smallest absolute Gasteiger partial charge is 0.335 e. The number of hydrogen-bond donors (Lipinski definition) is 2. The van der Waals surface area contributed by atoms with Gasteiger partial charge in [0.25, 0.3) is 0 Å². The molecule has 0 bridgehead atoms. The Morgan fingerprint density at radius 3 is 2.88 bits per heavy atom. The minimum absolute atomic E-state index is 0.278. The van der Waals surface area contributed by atoms with E-state index in [1.807, 2.05) is 14.1 Å². The van der Waals surface area contributed by atoms with Crippen LogP contribution in [0.3, 0.4) is 0 Å². The summed E-state index contributed by atoms with van der Waals surface area (Å²) in [6.07, 6.45) is 0.823. The van der Waals surface area contributed by atoms with Crippen LogP contribution < -0.4 is 0 Å². The molecule has 0 amide bonds. The first-order chi connectivity index (χ1) is 8.06. The van der Waals surface area contributed by atoms with Gasteiger partial charge >= 0.3 is 5.97 Å². The van der Waals surface area contributed by atoms with Crippen molar-refractivity contribution in [2.75, 3.05) is 20.6 Å². The first kappa shape index (κ1) is 11.6. The van der Waals surface area contributed by atoms with E-state index in [0.717, 1.165) is 29.8 Å². The minimum atomic E-state index is -0.920. The Balaban J connectivity index is 2.27. The maximum atomic E-state index is 10.8. The highest BCUT2D eigenvalue weighted by molar-refractivity contribution is 5.92. The molecule has 2 N–H and O–H groups in total. The zero-order chi connectivity index (χ0) is 12.4. The van der Waals surface area contributed by atoms with Gasteiger partial charge in [0.2, 0.25) is 0 Å². The minimum Gasteiger partial charge on any atom is -0.478 e. The second-order valence-electron chi connectivity index (χ2n) is 4.27. The van der Waals surface area contributed by atoms with Crippen LogP contribution in [0, 0.1) is 0 Å². The van der Waals surface area contributed by atoms with Gasteiger partial charge in [-0.15, -0.1) is 0 Å². The molecule has 0 spiro atoms. The van der Waals surface area contributed by atoms with Gasteiger partial charge in [0.05, 0.1) is 16.6 Å². The molecule has 0 radical (unpaired) electrons. The number of fused-ring (bicyclic) bond motifs is 1. The van der Waals surface area contributed by atoms with Crippen molar-refractivity contribution in [3.8, 4) is 0 Å². The molecular formula is C12H15N3O2. The van der Waals surface area contributed by atoms with Crippen LogP contribution in [0.1, 0.15) is 16.2 Å². The number of likely N-dealkylation sites (N-methyl/N-ethyl adjacent to an activating group) is 1. The highest BCUT2D eigenvalue weighted by Gasteiger charge is 2.07. The average Bonchev–Trinajstić information content (AvgIpc) is 2.67. The Kier molecular flexibility index (Phi) is 3.10. The lowest BCUT2D eigenvalue weighted by atomic mass is 10.2. The summed E-state index contributed by atoms with van der Waals surface area (Å²) in [7, 11) is 4.01. The Morgan fingerprint density at radius 1 is 1.47 bits per heavy atom. The van der Waals surface area contributed by atoms with Crippen molar-refractivity contribution in [3.63, 3.8) is 0 Å². The SMILES string of the molecule is CN(C)CCc1nc2ccc(C(=O)O)cc2[nH]1. The molecule has 0 saturated carbocycles. The van der Waals surface area contributed by atoms with Crippen molar-refractivity contribution in [2.24, 2.45) is 0 Å². The third kappa shape index (κ3) is 2.62. The van der Waals surface area contributed by atoms with E-state index in [2.05, 4.69) is 14.9 Å². The van der Waals surface area contributed by atoms with Gasteiger partial charge in [0, 0.05) is 13.0 Å². The van der Waals surface area contributed by atoms with Crippen LogP contribution in [-0.4, -0.2) is 46.6 Å². The molecular weight excluding hydrogens is 218 g/mol. The first-order valence-electron chi connectivity index (χ1n) is 5.43. The van der Waals surface area contributed by atoms with Crippen LogP contribution >= 0.6 is 0 Å². The summed E-state index contributed by atoms with van der Waals surface area (Å²) < 4.78 is 0. The number of aromatic carboxylic acids is 1. The Bertz CT molecular complexity index is 546. The third-order valence-electron chi connectivity index (χ3n) is 2.57. The van der Waals surface area contributed by atoms with Crippen LogP contribution in [0.5, 0.6) is 0 Å². The number of nitrogens with zero attached hydrogens (tertiary/aromatic N) is 2. The van der Waals surface area contributed by atoms with Crippen LogP contribution in [-0.2, 0) is 6.42 Å². The topological polar surface area (TPSA) is 69.2 Å². The molecule has 1 aromatic heterocycles. The summed E-state index contributed by atoms with van der Waals surface area (Å²) in [6, 6.07) is 4.92. The van der Waals surface area contributed by atoms with E-state index in [9.17, 15) is 4.79 Å². The van der Waals surface area contributed by atoms with Crippen molar-refractivity contribution in [1.82, 2.24) is 14.9 Å². The Hall–Kier alpha value is -1.88. The van der Waals surface area contributed by atoms with Gasteiger partial charge in [-0.3, -0.25) is 0 Å². The molecule has 0 aliphatic carbocycles. The highest BCUT2D eigenvalue weighted by Crippen LogP contribution is 2.14. The van der Waals surface area contributed by atoms with Crippen molar-refractivity contribution >= 4 is 17.0 Å². The van der Waals surface area contributed by atoms with E-state index >= 15 is 0 Å². The fourth-order valence-corrected chi connectivity index (χ4v) is 1.64. The third-order valence-corrected chi connectivity index (χ3v) is 2.57. The largest absolute Gasteiger partial charge is 0.478 e. The number of carboxylic acid groups (broad SMARTS) is 1. The normalized spacial score (nSPS) is 11.2. The molecule has 2 rings (SSSR count). The van der Waals surface area contributed by atoms with Crippen molar-refractivity contribution in [1.29, 1.82) is 0 Å². The average molecular weight is 233 g/mol. The number of rotatable bonds is 4. The quantitative estimate of drug-likeness (QED) is 0.836. The number of hydrogen-bond acceptors (Lipinski definition) is 3. The van der Waals surface area contributed by atoms with Crippen LogP contribution in [0.4, 0.5) is 0 Å². The summed E-state index contributed by atoms with van der Waals surface area (Å²) in [6.45, 7) is 0.908. The molecule has 5 nitrogen and oxygen atoms in total. The molecule has 5 heteroatoms. The zero-order valence-electron chi connectivity index (χ0n) is 9.90. The van der Waals surface area contributed by atoms with Crippen LogP contribution in [0.25, 0.3) is 11.0 Å². The monoisotopic (exact) mass is 233 g/mol. The van der Waals surface area contributed by atoms with Gasteiger partial charge in [0.1, 0.15) is 5.82 Å². The second kappa shape index (κ2) is 4.55. The van der Waals surface area contributed by atoms with Gasteiger partial charge in [-0.25, -0.2) is 9.78 Å². The van der Waals surface area contributed by atoms with E-state index in [-0.39, 0.29) is 5.56 Å². The fourth-order valence-electron chi connectivity index (χ4n) is 1.64. The lowest BCUT2D eigenvalue weighted by Gasteiger charge is -2.06. The number of aromatic amines is 1. The number of aromatic nitrogens is 2. The molecule has 0 saturated heterocycles. The van der Waals surface area contributed by atoms with E-state index in [1.165, 1.54) is 0 Å². The number of carbonyl (C=O) groups is 1. The molecule has 0 atom stereocenters. The molecule has 90 valence electrons. The van der Waals surface area contributed by atoms with Crippen molar-refractivity contribution in [2.45, 2.75) is 6.42 Å². The van der Waals surface area contributed by atoms with E-state index in [0.29, 0.717) is 0 Å². The maximum Gasteiger partial charge on any atom is 0.335 e.